The molecule has 0 bridgehead atoms. The molecule has 16 heteroatoms. The summed E-state index contributed by atoms with van der Waals surface area (Å²) in [5.41, 5.74) is 3.64. The number of halogens is 2. The van der Waals surface area contributed by atoms with Gasteiger partial charge in [0, 0.05) is 55.5 Å². The lowest BCUT2D eigenvalue weighted by molar-refractivity contribution is -0.867. The molecule has 2 N–H and O–H groups in total. The number of piperazine rings is 1. The third-order valence-corrected chi connectivity index (χ3v) is 7.91. The SMILES string of the molecule is Cn1cncc1C(=O)Nc1ccc2oc(-c3ccnc(C(=O)N4CCN(C(c5ccccc5)c5n[nH][n+](C(F)F)n5)CC4)c3)nc2c1. The number of pyridine rings is 1. The third kappa shape index (κ3) is 6.05. The van der Waals surface area contributed by atoms with Crippen molar-refractivity contribution in [3.05, 3.63) is 102 Å². The van der Waals surface area contributed by atoms with Gasteiger partial charge in [-0.15, -0.1) is 0 Å². The maximum atomic E-state index is 13.6. The Kier molecular flexibility index (Phi) is 7.91. The molecule has 1 saturated heterocycles. The van der Waals surface area contributed by atoms with Gasteiger partial charge in [0.05, 0.1) is 17.6 Å². The Morgan fingerprint density at radius 3 is 2.57 bits per heavy atom. The molecule has 5 heterocycles. The van der Waals surface area contributed by atoms with Crippen LogP contribution in [0.5, 0.6) is 0 Å². The van der Waals surface area contributed by atoms with Crippen LogP contribution in [0.4, 0.5) is 14.5 Å². The van der Waals surface area contributed by atoms with Crippen LogP contribution < -0.4 is 10.1 Å². The standard InChI is InChI=1S/C31H27F2N11O3/c1-41-18-34-17-24(41)28(45)36-21-7-8-25-22(16-21)37-29(47-25)20-9-10-35-23(15-20)30(46)43-13-11-42(12-14-43)26(19-5-3-2-4-6-19)27-38-40-44(39-27)31(32)33/h2-10,15-18,26,31H,11-14H2,1H3,(H,36,45)/p+1. The molecule has 0 spiro atoms. The van der Waals surface area contributed by atoms with Crippen LogP contribution in [0.3, 0.4) is 0 Å². The number of nitrogens with one attached hydrogen (secondary N) is 2. The molecule has 4 aromatic heterocycles. The highest BCUT2D eigenvalue weighted by Crippen LogP contribution is 2.29. The van der Waals surface area contributed by atoms with Crippen molar-refractivity contribution in [2.45, 2.75) is 12.6 Å². The smallest absolute Gasteiger partial charge is 0.424 e. The van der Waals surface area contributed by atoms with E-state index in [-0.39, 0.29) is 23.3 Å². The van der Waals surface area contributed by atoms with Gasteiger partial charge in [0.15, 0.2) is 5.58 Å². The first-order valence-electron chi connectivity index (χ1n) is 14.7. The van der Waals surface area contributed by atoms with Gasteiger partial charge < -0.3 is 19.2 Å². The number of carbonyl (C=O) groups excluding carboxylic acids is 2. The molecular formula is C31H28F2N11O3+. The van der Waals surface area contributed by atoms with Crippen LogP contribution >= 0.6 is 0 Å². The summed E-state index contributed by atoms with van der Waals surface area (Å²) in [5, 5.41) is 13.1. The molecule has 14 nitrogen and oxygen atoms in total. The average Bonchev–Trinajstić information content (AvgIpc) is 3.86. The Morgan fingerprint density at radius 2 is 1.85 bits per heavy atom. The van der Waals surface area contributed by atoms with Crippen molar-refractivity contribution in [3.8, 4) is 11.5 Å². The lowest BCUT2D eigenvalue weighted by atomic mass is 10.0. The minimum absolute atomic E-state index is 0.215. The van der Waals surface area contributed by atoms with Gasteiger partial charge in [-0.25, -0.2) is 9.97 Å². The lowest BCUT2D eigenvalue weighted by Gasteiger charge is -2.37. The maximum absolute atomic E-state index is 13.6. The first-order valence-corrected chi connectivity index (χ1v) is 14.7. The van der Waals surface area contributed by atoms with Gasteiger partial charge >= 0.3 is 12.4 Å². The van der Waals surface area contributed by atoms with E-state index in [0.29, 0.717) is 64.9 Å². The molecule has 0 aliphatic carbocycles. The Balaban J connectivity index is 1.05. The fourth-order valence-electron chi connectivity index (χ4n) is 5.54. The first kappa shape index (κ1) is 29.8. The van der Waals surface area contributed by atoms with E-state index >= 15 is 0 Å². The molecule has 238 valence electrons. The number of fused-ring (bicyclic) bond motifs is 1. The second kappa shape index (κ2) is 12.5. The summed E-state index contributed by atoms with van der Waals surface area (Å²) >= 11 is 0. The third-order valence-electron chi connectivity index (χ3n) is 7.91. The molecule has 1 atom stereocenters. The van der Waals surface area contributed by atoms with Gasteiger partial charge in [-0.3, -0.25) is 19.5 Å². The van der Waals surface area contributed by atoms with Gasteiger partial charge in [-0.1, -0.05) is 30.3 Å². The van der Waals surface area contributed by atoms with Crippen LogP contribution in [0.15, 0.2) is 83.8 Å². The van der Waals surface area contributed by atoms with Crippen molar-refractivity contribution in [2.75, 3.05) is 31.5 Å². The number of amides is 2. The summed E-state index contributed by atoms with van der Waals surface area (Å²) in [7, 11) is 1.73. The number of hydrogen-bond acceptors (Lipinski definition) is 9. The molecule has 2 amide bonds. The number of carbonyl (C=O) groups is 2. The predicted molar refractivity (Wildman–Crippen MR) is 162 cm³/mol. The van der Waals surface area contributed by atoms with E-state index in [1.165, 1.54) is 12.4 Å². The number of benzene rings is 2. The number of aromatic amines is 1. The zero-order valence-electron chi connectivity index (χ0n) is 25.0. The van der Waals surface area contributed by atoms with Gasteiger partial charge in [0.1, 0.15) is 22.9 Å². The van der Waals surface area contributed by atoms with Crippen LogP contribution in [-0.4, -0.2) is 82.7 Å². The number of imidazole rings is 1. The summed E-state index contributed by atoms with van der Waals surface area (Å²) in [6.07, 6.45) is 4.56. The van der Waals surface area contributed by atoms with Crippen LogP contribution in [0.1, 0.15) is 45.0 Å². The van der Waals surface area contributed by atoms with Gasteiger partial charge in [-0.2, -0.15) is 8.78 Å². The van der Waals surface area contributed by atoms with Crippen LogP contribution in [0, 0.1) is 0 Å². The highest BCUT2D eigenvalue weighted by Gasteiger charge is 2.35. The topological polar surface area (TPSA) is 155 Å². The highest BCUT2D eigenvalue weighted by molar-refractivity contribution is 6.03. The predicted octanol–water partition coefficient (Wildman–Crippen LogP) is 3.22. The van der Waals surface area contributed by atoms with E-state index in [1.807, 2.05) is 30.3 Å². The van der Waals surface area contributed by atoms with Gasteiger partial charge in [0.25, 0.3) is 11.8 Å². The fraction of sp³-hybridized carbons (Fsp3) is 0.226. The van der Waals surface area contributed by atoms with Crippen molar-refractivity contribution in [1.29, 1.82) is 0 Å². The van der Waals surface area contributed by atoms with Crippen molar-refractivity contribution >= 4 is 28.6 Å². The minimum atomic E-state index is -2.84. The molecular weight excluding hydrogens is 612 g/mol. The zero-order chi connectivity index (χ0) is 32.5. The second-order valence-electron chi connectivity index (χ2n) is 10.9. The number of nitrogens with zero attached hydrogens (tertiary/aromatic N) is 9. The van der Waals surface area contributed by atoms with Gasteiger partial charge in [-0.05, 0) is 46.2 Å². The van der Waals surface area contributed by atoms with E-state index in [9.17, 15) is 18.4 Å². The monoisotopic (exact) mass is 640 g/mol. The van der Waals surface area contributed by atoms with Crippen molar-refractivity contribution in [1.82, 2.24) is 44.7 Å². The quantitative estimate of drug-likeness (QED) is 0.239. The summed E-state index contributed by atoms with van der Waals surface area (Å²) in [6, 6.07) is 17.4. The van der Waals surface area contributed by atoms with E-state index in [2.05, 4.69) is 40.6 Å². The van der Waals surface area contributed by atoms with E-state index in [0.717, 1.165) is 5.56 Å². The number of tetrazole rings is 1. The van der Waals surface area contributed by atoms with E-state index in [1.54, 1.807) is 53.2 Å². The summed E-state index contributed by atoms with van der Waals surface area (Å²) in [5.74, 6) is -0.0477. The molecule has 0 saturated carbocycles. The van der Waals surface area contributed by atoms with Crippen LogP contribution in [-0.2, 0) is 7.05 Å². The van der Waals surface area contributed by atoms with Crippen molar-refractivity contribution < 1.29 is 27.6 Å². The molecule has 1 unspecified atom stereocenters. The largest absolute Gasteiger partial charge is 0.436 e. The fourth-order valence-corrected chi connectivity index (χ4v) is 5.54. The number of H-pyrrole nitrogens is 1. The molecule has 47 heavy (non-hydrogen) atoms. The molecule has 1 fully saturated rings. The average molecular weight is 641 g/mol. The molecule has 1 aliphatic heterocycles. The molecule has 0 radical (unpaired) electrons. The summed E-state index contributed by atoms with van der Waals surface area (Å²) in [4.78, 5) is 43.2. The lowest BCUT2D eigenvalue weighted by Crippen LogP contribution is -2.50. The number of oxazole rings is 1. The number of aryl methyl sites for hydroxylation is 1. The second-order valence-corrected chi connectivity index (χ2v) is 10.9. The Morgan fingerprint density at radius 1 is 1.04 bits per heavy atom. The van der Waals surface area contributed by atoms with E-state index < -0.39 is 12.6 Å². The summed E-state index contributed by atoms with van der Waals surface area (Å²) < 4.78 is 34.1. The van der Waals surface area contributed by atoms with Crippen molar-refractivity contribution in [2.24, 2.45) is 7.05 Å². The number of hydrogen-bond donors (Lipinski definition) is 2. The van der Waals surface area contributed by atoms with Crippen LogP contribution in [0.2, 0.25) is 0 Å². The Bertz CT molecular complexity index is 2050. The zero-order valence-corrected chi connectivity index (χ0v) is 25.0. The molecule has 7 rings (SSSR count). The highest BCUT2D eigenvalue weighted by atomic mass is 19.3. The van der Waals surface area contributed by atoms with Crippen LogP contribution in [0.25, 0.3) is 22.6 Å². The number of aromatic nitrogens is 8. The van der Waals surface area contributed by atoms with E-state index in [4.69, 9.17) is 4.42 Å². The summed E-state index contributed by atoms with van der Waals surface area (Å²) in [6.45, 7) is -1.17. The minimum Gasteiger partial charge on any atom is -0.436 e. The Labute approximate surface area is 265 Å². The number of anilines is 1. The maximum Gasteiger partial charge on any atom is 0.424 e. The molecule has 2 aromatic carbocycles. The molecule has 1 aliphatic rings. The van der Waals surface area contributed by atoms with Gasteiger partial charge in [0.2, 0.25) is 5.89 Å². The normalized spacial score (nSPS) is 14.5. The van der Waals surface area contributed by atoms with Crippen molar-refractivity contribution in [3.63, 3.8) is 0 Å². The Hall–Kier alpha value is -5.90. The number of alkyl halides is 2. The molecule has 6 aromatic rings. The number of rotatable bonds is 8. The first-order chi connectivity index (χ1) is 22.8.